The second-order valence-electron chi connectivity index (χ2n) is 3.97. The van der Waals surface area contributed by atoms with Gasteiger partial charge in [-0.15, -0.1) is 11.3 Å². The lowest BCUT2D eigenvalue weighted by Crippen LogP contribution is -2.38. The third-order valence-corrected chi connectivity index (χ3v) is 4.70. The zero-order chi connectivity index (χ0) is 11.7. The third-order valence-electron chi connectivity index (χ3n) is 2.92. The molecule has 0 bridgehead atoms. The van der Waals surface area contributed by atoms with Crippen LogP contribution in [0.5, 0.6) is 0 Å². The van der Waals surface area contributed by atoms with E-state index in [0.29, 0.717) is 6.54 Å². The zero-order valence-corrected chi connectivity index (χ0v) is 11.5. The molecular formula is C11H14BrNO2S. The van der Waals surface area contributed by atoms with Gasteiger partial charge in [-0.25, -0.2) is 4.79 Å². The Labute approximate surface area is 107 Å². The van der Waals surface area contributed by atoms with Crippen LogP contribution in [0, 0.1) is 0 Å². The van der Waals surface area contributed by atoms with Crippen LogP contribution in [-0.4, -0.2) is 22.6 Å². The maximum Gasteiger partial charge on any atom is 0.407 e. The molecule has 2 heterocycles. The maximum absolute atomic E-state index is 11.2. The minimum Gasteiger partial charge on any atom is -0.465 e. The molecule has 16 heavy (non-hydrogen) atoms. The lowest BCUT2D eigenvalue weighted by molar-refractivity contribution is 0.118. The highest BCUT2D eigenvalue weighted by atomic mass is 79.9. The summed E-state index contributed by atoms with van der Waals surface area (Å²) in [6, 6.07) is 2.18. The van der Waals surface area contributed by atoms with Gasteiger partial charge in [0.25, 0.3) is 0 Å². The number of carboxylic acid groups (broad SMARTS) is 1. The summed E-state index contributed by atoms with van der Waals surface area (Å²) in [6.45, 7) is 2.72. The molecule has 1 amide bonds. The lowest BCUT2D eigenvalue weighted by atomic mass is 9.99. The summed E-state index contributed by atoms with van der Waals surface area (Å²) in [5.74, 6) is 0. The van der Waals surface area contributed by atoms with Crippen molar-refractivity contribution in [3.63, 3.8) is 0 Å². The number of thiophene rings is 1. The summed E-state index contributed by atoms with van der Waals surface area (Å²) in [4.78, 5) is 14.0. The number of fused-ring (bicyclic) bond motifs is 1. The maximum atomic E-state index is 11.2. The van der Waals surface area contributed by atoms with Crippen molar-refractivity contribution in [2.24, 2.45) is 0 Å². The van der Waals surface area contributed by atoms with Gasteiger partial charge in [-0.2, -0.15) is 0 Å². The standard InChI is InChI=1S/C11H14BrNO2S/c1-2-3-8-10-7(6-9(12)16-10)4-5-13(8)11(14)15/h6,8H,2-5H2,1H3,(H,14,15). The number of nitrogens with zero attached hydrogens (tertiary/aromatic N) is 1. The van der Waals surface area contributed by atoms with Crippen molar-refractivity contribution in [1.82, 2.24) is 4.90 Å². The molecule has 0 spiro atoms. The van der Waals surface area contributed by atoms with E-state index < -0.39 is 6.09 Å². The smallest absolute Gasteiger partial charge is 0.407 e. The molecule has 2 rings (SSSR count). The molecule has 3 nitrogen and oxygen atoms in total. The Hall–Kier alpha value is -0.550. The van der Waals surface area contributed by atoms with Gasteiger partial charge in [-0.1, -0.05) is 13.3 Å². The Morgan fingerprint density at radius 3 is 3.12 bits per heavy atom. The number of halogens is 1. The average Bonchev–Trinajstić information content (AvgIpc) is 2.59. The second kappa shape index (κ2) is 4.75. The normalized spacial score (nSPS) is 19.6. The van der Waals surface area contributed by atoms with Crippen LogP contribution in [0.15, 0.2) is 9.85 Å². The van der Waals surface area contributed by atoms with Gasteiger partial charge in [0, 0.05) is 11.4 Å². The SMILES string of the molecule is CCCC1c2sc(Br)cc2CCN1C(=O)O. The summed E-state index contributed by atoms with van der Waals surface area (Å²) in [5.41, 5.74) is 1.31. The molecule has 0 fully saturated rings. The Morgan fingerprint density at radius 1 is 1.75 bits per heavy atom. The predicted octanol–water partition coefficient (Wildman–Crippen LogP) is 3.89. The van der Waals surface area contributed by atoms with Crippen LogP contribution in [0.25, 0.3) is 0 Å². The highest BCUT2D eigenvalue weighted by Gasteiger charge is 2.31. The highest BCUT2D eigenvalue weighted by Crippen LogP contribution is 2.40. The van der Waals surface area contributed by atoms with Crippen molar-refractivity contribution < 1.29 is 9.90 Å². The Kier molecular flexibility index (Phi) is 3.54. The molecule has 1 atom stereocenters. The van der Waals surface area contributed by atoms with Crippen molar-refractivity contribution in [3.05, 3.63) is 20.3 Å². The molecule has 5 heteroatoms. The van der Waals surface area contributed by atoms with Crippen LogP contribution >= 0.6 is 27.3 Å². The first kappa shape index (κ1) is 11.9. The third kappa shape index (κ3) is 2.11. The lowest BCUT2D eigenvalue weighted by Gasteiger charge is -2.33. The van der Waals surface area contributed by atoms with Crippen LogP contribution in [0.2, 0.25) is 0 Å². The van der Waals surface area contributed by atoms with E-state index in [4.69, 9.17) is 0 Å². The minimum absolute atomic E-state index is 0.0579. The van der Waals surface area contributed by atoms with Crippen molar-refractivity contribution in [2.75, 3.05) is 6.54 Å². The van der Waals surface area contributed by atoms with E-state index in [1.54, 1.807) is 16.2 Å². The Morgan fingerprint density at radius 2 is 2.50 bits per heavy atom. The molecule has 1 aliphatic heterocycles. The van der Waals surface area contributed by atoms with Crippen LogP contribution in [0.3, 0.4) is 0 Å². The fourth-order valence-corrected chi connectivity index (χ4v) is 4.10. The minimum atomic E-state index is -0.798. The van der Waals surface area contributed by atoms with Gasteiger partial charge in [0.05, 0.1) is 9.83 Å². The predicted molar refractivity (Wildman–Crippen MR) is 68.1 cm³/mol. The fourth-order valence-electron chi connectivity index (χ4n) is 2.21. The molecule has 1 aromatic rings. The molecule has 0 saturated carbocycles. The molecule has 1 aliphatic rings. The molecule has 1 unspecified atom stereocenters. The number of rotatable bonds is 2. The van der Waals surface area contributed by atoms with Gasteiger partial charge in [0.1, 0.15) is 0 Å². The molecule has 0 aromatic carbocycles. The molecular weight excluding hydrogens is 290 g/mol. The van der Waals surface area contributed by atoms with E-state index in [1.165, 1.54) is 10.4 Å². The fraction of sp³-hybridized carbons (Fsp3) is 0.545. The number of carbonyl (C=O) groups is 1. The molecule has 1 aromatic heterocycles. The first-order chi connectivity index (χ1) is 7.63. The van der Waals surface area contributed by atoms with E-state index in [0.717, 1.165) is 23.0 Å². The van der Waals surface area contributed by atoms with Crippen molar-refractivity contribution in [3.8, 4) is 0 Å². The zero-order valence-electron chi connectivity index (χ0n) is 9.07. The first-order valence-electron chi connectivity index (χ1n) is 5.41. The first-order valence-corrected chi connectivity index (χ1v) is 7.02. The molecule has 1 N–H and O–H groups in total. The summed E-state index contributed by atoms with van der Waals surface area (Å²) >= 11 is 5.15. The number of hydrogen-bond acceptors (Lipinski definition) is 2. The van der Waals surface area contributed by atoms with E-state index in [1.807, 2.05) is 0 Å². The van der Waals surface area contributed by atoms with E-state index in [-0.39, 0.29) is 6.04 Å². The van der Waals surface area contributed by atoms with E-state index >= 15 is 0 Å². The van der Waals surface area contributed by atoms with Crippen LogP contribution in [0.1, 0.15) is 36.2 Å². The molecule has 0 aliphatic carbocycles. The summed E-state index contributed by atoms with van der Waals surface area (Å²) < 4.78 is 1.10. The summed E-state index contributed by atoms with van der Waals surface area (Å²) in [6.07, 6.45) is 1.95. The van der Waals surface area contributed by atoms with E-state index in [2.05, 4.69) is 28.9 Å². The molecule has 0 saturated heterocycles. The van der Waals surface area contributed by atoms with Gasteiger partial charge in [0.2, 0.25) is 0 Å². The summed E-state index contributed by atoms with van der Waals surface area (Å²) in [7, 11) is 0. The largest absolute Gasteiger partial charge is 0.465 e. The molecule has 0 radical (unpaired) electrons. The number of amides is 1. The van der Waals surface area contributed by atoms with Gasteiger partial charge >= 0.3 is 6.09 Å². The van der Waals surface area contributed by atoms with Crippen LogP contribution < -0.4 is 0 Å². The van der Waals surface area contributed by atoms with Gasteiger partial charge in [0.15, 0.2) is 0 Å². The van der Waals surface area contributed by atoms with Crippen molar-refractivity contribution in [2.45, 2.75) is 32.2 Å². The Balaban J connectivity index is 2.34. The second-order valence-corrected chi connectivity index (χ2v) is 6.43. The quantitative estimate of drug-likeness (QED) is 0.900. The van der Waals surface area contributed by atoms with Crippen LogP contribution in [0.4, 0.5) is 4.79 Å². The topological polar surface area (TPSA) is 40.5 Å². The van der Waals surface area contributed by atoms with E-state index in [9.17, 15) is 9.90 Å². The van der Waals surface area contributed by atoms with Gasteiger partial charge in [-0.3, -0.25) is 0 Å². The van der Waals surface area contributed by atoms with Crippen molar-refractivity contribution >= 4 is 33.4 Å². The molecule has 88 valence electrons. The van der Waals surface area contributed by atoms with Crippen molar-refractivity contribution in [1.29, 1.82) is 0 Å². The summed E-state index contributed by atoms with van der Waals surface area (Å²) in [5, 5.41) is 9.19. The average molecular weight is 304 g/mol. The van der Waals surface area contributed by atoms with Gasteiger partial charge in [-0.05, 0) is 40.4 Å². The van der Waals surface area contributed by atoms with Crippen LogP contribution in [-0.2, 0) is 6.42 Å². The number of hydrogen-bond donors (Lipinski definition) is 1. The highest BCUT2D eigenvalue weighted by molar-refractivity contribution is 9.11. The monoisotopic (exact) mass is 303 g/mol. The Bertz CT molecular complexity index is 405. The van der Waals surface area contributed by atoms with Gasteiger partial charge < -0.3 is 10.0 Å².